The van der Waals surface area contributed by atoms with Crippen LogP contribution in [0, 0.1) is 11.8 Å². The first kappa shape index (κ1) is 19.0. The minimum Gasteiger partial charge on any atom is -0.347 e. The Morgan fingerprint density at radius 2 is 1.78 bits per heavy atom. The highest BCUT2D eigenvalue weighted by Crippen LogP contribution is 2.03. The van der Waals surface area contributed by atoms with E-state index in [2.05, 4.69) is 15.6 Å². The van der Waals surface area contributed by atoms with Crippen LogP contribution in [0.25, 0.3) is 0 Å². The fourth-order valence-corrected chi connectivity index (χ4v) is 2.00. The van der Waals surface area contributed by atoms with E-state index >= 15 is 0 Å². The van der Waals surface area contributed by atoms with Crippen LogP contribution in [0.1, 0.15) is 46.7 Å². The maximum absolute atomic E-state index is 11.9. The summed E-state index contributed by atoms with van der Waals surface area (Å²) in [5, 5.41) is 10.5. The molecule has 7 heteroatoms. The number of nitrogens with one attached hydrogen (secondary N) is 1. The van der Waals surface area contributed by atoms with Crippen molar-refractivity contribution in [2.45, 2.75) is 60.0 Å². The number of carbonyl (C=O) groups is 3. The molecule has 1 rings (SSSR count). The van der Waals surface area contributed by atoms with Crippen LogP contribution >= 0.6 is 0 Å². The van der Waals surface area contributed by atoms with Crippen molar-refractivity contribution in [1.29, 1.82) is 0 Å². The molecule has 0 aliphatic rings. The molecule has 7 nitrogen and oxygen atoms in total. The third-order valence-corrected chi connectivity index (χ3v) is 3.53. The van der Waals surface area contributed by atoms with Gasteiger partial charge in [0.15, 0.2) is 11.6 Å². The SMILES string of the molecule is CC(C)C(=O)Cn1cc(CCC(=O)NC(C)C(=O)C(C)C)nn1. The van der Waals surface area contributed by atoms with Gasteiger partial charge < -0.3 is 5.32 Å². The van der Waals surface area contributed by atoms with E-state index in [1.807, 2.05) is 27.7 Å². The molecule has 0 aromatic carbocycles. The van der Waals surface area contributed by atoms with E-state index in [-0.39, 0.29) is 42.3 Å². The molecule has 1 atom stereocenters. The largest absolute Gasteiger partial charge is 0.347 e. The van der Waals surface area contributed by atoms with Gasteiger partial charge in [-0.05, 0) is 6.92 Å². The molecule has 1 amide bonds. The van der Waals surface area contributed by atoms with Crippen LogP contribution in [0.15, 0.2) is 6.20 Å². The lowest BCUT2D eigenvalue weighted by Gasteiger charge is -2.14. The molecular formula is C16H26N4O3. The molecule has 1 aromatic heterocycles. The highest BCUT2D eigenvalue weighted by Gasteiger charge is 2.18. The lowest BCUT2D eigenvalue weighted by Crippen LogP contribution is -2.40. The van der Waals surface area contributed by atoms with Gasteiger partial charge in [0.1, 0.15) is 6.54 Å². The molecule has 0 saturated carbocycles. The first-order chi connectivity index (χ1) is 10.7. The second-order valence-electron chi connectivity index (χ2n) is 6.37. The van der Waals surface area contributed by atoms with Gasteiger partial charge in [-0.15, -0.1) is 5.10 Å². The van der Waals surface area contributed by atoms with Gasteiger partial charge in [0.25, 0.3) is 0 Å². The molecule has 0 bridgehead atoms. The molecule has 1 aromatic rings. The lowest BCUT2D eigenvalue weighted by molar-refractivity contribution is -0.129. The maximum atomic E-state index is 11.9. The number of ketones is 2. The second-order valence-corrected chi connectivity index (χ2v) is 6.37. The average Bonchev–Trinajstić information content (AvgIpc) is 2.91. The molecule has 1 heterocycles. The average molecular weight is 322 g/mol. The summed E-state index contributed by atoms with van der Waals surface area (Å²) in [4.78, 5) is 35.2. The smallest absolute Gasteiger partial charge is 0.220 e. The molecule has 23 heavy (non-hydrogen) atoms. The van der Waals surface area contributed by atoms with Crippen LogP contribution in [0.4, 0.5) is 0 Å². The Balaban J connectivity index is 2.43. The lowest BCUT2D eigenvalue weighted by atomic mass is 10.0. The number of hydrogen-bond donors (Lipinski definition) is 1. The number of hydrogen-bond acceptors (Lipinski definition) is 5. The summed E-state index contributed by atoms with van der Waals surface area (Å²) in [7, 11) is 0. The Bertz CT molecular complexity index is 563. The van der Waals surface area contributed by atoms with Gasteiger partial charge in [-0.3, -0.25) is 14.4 Å². The first-order valence-corrected chi connectivity index (χ1v) is 7.95. The highest BCUT2D eigenvalue weighted by atomic mass is 16.2. The number of rotatable bonds is 9. The molecule has 1 unspecified atom stereocenters. The predicted octanol–water partition coefficient (Wildman–Crippen LogP) is 1.17. The Hall–Kier alpha value is -2.05. The van der Waals surface area contributed by atoms with Gasteiger partial charge in [-0.1, -0.05) is 32.9 Å². The number of carbonyl (C=O) groups excluding carboxylic acids is 3. The van der Waals surface area contributed by atoms with Crippen LogP contribution in [-0.2, 0) is 27.3 Å². The van der Waals surface area contributed by atoms with Gasteiger partial charge in [0.05, 0.1) is 11.7 Å². The number of nitrogens with zero attached hydrogens (tertiary/aromatic N) is 3. The van der Waals surface area contributed by atoms with Crippen LogP contribution in [0.2, 0.25) is 0 Å². The van der Waals surface area contributed by atoms with Gasteiger partial charge in [0.2, 0.25) is 5.91 Å². The standard InChI is InChI=1S/C16H26N4O3/c1-10(2)14(21)9-20-8-13(18-19-20)6-7-15(22)17-12(5)16(23)11(3)4/h8,10-12H,6-7,9H2,1-5H3,(H,17,22). The molecule has 128 valence electrons. The van der Waals surface area contributed by atoms with E-state index in [0.717, 1.165) is 0 Å². The Morgan fingerprint density at radius 1 is 1.13 bits per heavy atom. The molecule has 0 spiro atoms. The van der Waals surface area contributed by atoms with Crippen molar-refractivity contribution in [3.63, 3.8) is 0 Å². The van der Waals surface area contributed by atoms with E-state index in [9.17, 15) is 14.4 Å². The zero-order valence-corrected chi connectivity index (χ0v) is 14.5. The predicted molar refractivity (Wildman–Crippen MR) is 85.6 cm³/mol. The van der Waals surface area contributed by atoms with E-state index < -0.39 is 6.04 Å². The normalized spacial score (nSPS) is 12.5. The molecule has 0 radical (unpaired) electrons. The van der Waals surface area contributed by atoms with Crippen molar-refractivity contribution in [2.24, 2.45) is 11.8 Å². The molecule has 0 aliphatic carbocycles. The van der Waals surface area contributed by atoms with E-state index in [1.165, 1.54) is 4.68 Å². The minimum absolute atomic E-state index is 0.0106. The van der Waals surface area contributed by atoms with E-state index in [1.54, 1.807) is 13.1 Å². The number of Topliss-reactive ketones (excluding diaryl/α,β-unsaturated/α-hetero) is 2. The van der Waals surface area contributed by atoms with Gasteiger partial charge in [0, 0.05) is 30.9 Å². The number of amides is 1. The molecule has 0 fully saturated rings. The van der Waals surface area contributed by atoms with Crippen LogP contribution in [-0.4, -0.2) is 38.5 Å². The third-order valence-electron chi connectivity index (χ3n) is 3.53. The molecule has 0 aliphatic heterocycles. The van der Waals surface area contributed by atoms with E-state index in [0.29, 0.717) is 12.1 Å². The first-order valence-electron chi connectivity index (χ1n) is 7.95. The molecule has 1 N–H and O–H groups in total. The number of aryl methyl sites for hydroxylation is 1. The van der Waals surface area contributed by atoms with Crippen molar-refractivity contribution in [3.8, 4) is 0 Å². The van der Waals surface area contributed by atoms with Gasteiger partial charge >= 0.3 is 0 Å². The Kier molecular flexibility index (Phi) is 7.06. The zero-order chi connectivity index (χ0) is 17.6. The van der Waals surface area contributed by atoms with Crippen molar-refractivity contribution in [1.82, 2.24) is 20.3 Å². The summed E-state index contributed by atoms with van der Waals surface area (Å²) in [5.41, 5.74) is 0.652. The van der Waals surface area contributed by atoms with Crippen molar-refractivity contribution in [3.05, 3.63) is 11.9 Å². The van der Waals surface area contributed by atoms with Crippen molar-refractivity contribution in [2.75, 3.05) is 0 Å². The van der Waals surface area contributed by atoms with Crippen LogP contribution in [0.5, 0.6) is 0 Å². The fraction of sp³-hybridized carbons (Fsp3) is 0.688. The third kappa shape index (κ3) is 6.30. The van der Waals surface area contributed by atoms with Gasteiger partial charge in [-0.25, -0.2) is 4.68 Å². The quantitative estimate of drug-likeness (QED) is 0.736. The van der Waals surface area contributed by atoms with Crippen molar-refractivity contribution < 1.29 is 14.4 Å². The summed E-state index contributed by atoms with van der Waals surface area (Å²) in [6.45, 7) is 9.17. The van der Waals surface area contributed by atoms with Crippen molar-refractivity contribution >= 4 is 17.5 Å². The summed E-state index contributed by atoms with van der Waals surface area (Å²) in [6.07, 6.45) is 2.33. The van der Waals surface area contributed by atoms with Crippen LogP contribution < -0.4 is 5.32 Å². The number of aromatic nitrogens is 3. The highest BCUT2D eigenvalue weighted by molar-refractivity contribution is 5.89. The topological polar surface area (TPSA) is 94.0 Å². The van der Waals surface area contributed by atoms with E-state index in [4.69, 9.17) is 0 Å². The molecular weight excluding hydrogens is 296 g/mol. The monoisotopic (exact) mass is 322 g/mol. The molecule has 0 saturated heterocycles. The Morgan fingerprint density at radius 3 is 2.35 bits per heavy atom. The summed E-state index contributed by atoms with van der Waals surface area (Å²) in [5.74, 6) is -0.256. The zero-order valence-electron chi connectivity index (χ0n) is 14.5. The second kappa shape index (κ2) is 8.55. The minimum atomic E-state index is -0.484. The summed E-state index contributed by atoms with van der Waals surface area (Å²) >= 11 is 0. The Labute approximate surface area is 136 Å². The summed E-state index contributed by atoms with van der Waals surface area (Å²) < 4.78 is 1.49. The van der Waals surface area contributed by atoms with Crippen LogP contribution in [0.3, 0.4) is 0 Å². The fourth-order valence-electron chi connectivity index (χ4n) is 2.00. The maximum Gasteiger partial charge on any atom is 0.220 e. The van der Waals surface area contributed by atoms with Gasteiger partial charge in [-0.2, -0.15) is 0 Å². The summed E-state index contributed by atoms with van der Waals surface area (Å²) in [6, 6.07) is -0.484.